The van der Waals surface area contributed by atoms with Gasteiger partial charge in [-0.25, -0.2) is 9.48 Å². The van der Waals surface area contributed by atoms with Crippen molar-refractivity contribution in [2.75, 3.05) is 0 Å². The monoisotopic (exact) mass is 393 g/mol. The zero-order chi connectivity index (χ0) is 20.8. The van der Waals surface area contributed by atoms with Crippen molar-refractivity contribution in [1.82, 2.24) is 15.1 Å². The number of benzene rings is 2. The molecule has 0 fully saturated rings. The minimum atomic E-state index is -0.999. The topological polar surface area (TPSA) is 101 Å². The predicted molar refractivity (Wildman–Crippen MR) is 110 cm³/mol. The van der Waals surface area contributed by atoms with Crippen LogP contribution in [0, 0.1) is 0 Å². The summed E-state index contributed by atoms with van der Waals surface area (Å²) in [4.78, 5) is 36.4. The van der Waals surface area contributed by atoms with Crippen LogP contribution in [0.25, 0.3) is 10.8 Å². The summed E-state index contributed by atoms with van der Waals surface area (Å²) in [6, 6.07) is 13.3. The number of fused-ring (bicyclic) bond motifs is 1. The molecule has 1 amide bonds. The molecule has 7 nitrogen and oxygen atoms in total. The first-order valence-corrected chi connectivity index (χ1v) is 9.61. The maximum absolute atomic E-state index is 12.8. The van der Waals surface area contributed by atoms with Gasteiger partial charge >= 0.3 is 5.97 Å². The molecule has 0 saturated heterocycles. The number of nitrogens with one attached hydrogen (secondary N) is 1. The number of carboxylic acids is 1. The largest absolute Gasteiger partial charge is 0.478 e. The molecule has 0 aliphatic heterocycles. The molecule has 0 aliphatic rings. The van der Waals surface area contributed by atoms with Gasteiger partial charge < -0.3 is 10.4 Å². The summed E-state index contributed by atoms with van der Waals surface area (Å²) in [7, 11) is 0. The van der Waals surface area contributed by atoms with E-state index in [9.17, 15) is 14.4 Å². The minimum Gasteiger partial charge on any atom is -0.478 e. The molecule has 0 saturated carbocycles. The standard InChI is InChI=1S/C22H23N3O4/c1-2-3-6-13-25-21(27)18-8-5-4-7-17(18)19(24-25)20(26)23-14-15-9-11-16(12-10-15)22(28)29/h4-5,7-12H,2-3,6,13-14H2,1H3,(H,23,26)(H,28,29). The average molecular weight is 393 g/mol. The van der Waals surface area contributed by atoms with E-state index in [0.717, 1.165) is 24.8 Å². The number of rotatable bonds is 8. The third-order valence-corrected chi connectivity index (χ3v) is 4.71. The van der Waals surface area contributed by atoms with Crippen molar-refractivity contribution in [3.05, 3.63) is 75.7 Å². The van der Waals surface area contributed by atoms with Crippen LogP contribution in [0.15, 0.2) is 53.3 Å². The number of aromatic nitrogens is 2. The molecule has 0 bridgehead atoms. The van der Waals surface area contributed by atoms with E-state index < -0.39 is 5.97 Å². The number of aryl methyl sites for hydroxylation is 1. The number of amides is 1. The van der Waals surface area contributed by atoms with Crippen molar-refractivity contribution in [3.8, 4) is 0 Å². The molecule has 0 radical (unpaired) electrons. The molecule has 29 heavy (non-hydrogen) atoms. The Bertz CT molecular complexity index is 1090. The molecular weight excluding hydrogens is 370 g/mol. The van der Waals surface area contributed by atoms with Gasteiger partial charge in [0.15, 0.2) is 5.69 Å². The van der Waals surface area contributed by atoms with Crippen LogP contribution < -0.4 is 10.9 Å². The number of carbonyl (C=O) groups excluding carboxylic acids is 1. The van der Waals surface area contributed by atoms with Crippen molar-refractivity contribution in [1.29, 1.82) is 0 Å². The first kappa shape index (κ1) is 20.3. The smallest absolute Gasteiger partial charge is 0.335 e. The van der Waals surface area contributed by atoms with Crippen LogP contribution in [0.5, 0.6) is 0 Å². The Morgan fingerprint density at radius 2 is 1.72 bits per heavy atom. The van der Waals surface area contributed by atoms with Gasteiger partial charge in [0.05, 0.1) is 10.9 Å². The summed E-state index contributed by atoms with van der Waals surface area (Å²) in [6.45, 7) is 2.77. The average Bonchev–Trinajstić information content (AvgIpc) is 2.74. The van der Waals surface area contributed by atoms with Crippen LogP contribution in [-0.4, -0.2) is 26.8 Å². The number of aromatic carboxylic acids is 1. The summed E-state index contributed by atoms with van der Waals surface area (Å²) < 4.78 is 1.37. The van der Waals surface area contributed by atoms with Crippen LogP contribution in [0.3, 0.4) is 0 Å². The van der Waals surface area contributed by atoms with Gasteiger partial charge in [-0.1, -0.05) is 50.1 Å². The first-order chi connectivity index (χ1) is 14.0. The van der Waals surface area contributed by atoms with Crippen molar-refractivity contribution in [3.63, 3.8) is 0 Å². The van der Waals surface area contributed by atoms with Gasteiger partial charge in [-0.15, -0.1) is 0 Å². The fraction of sp³-hybridized carbons (Fsp3) is 0.273. The highest BCUT2D eigenvalue weighted by Gasteiger charge is 2.16. The van der Waals surface area contributed by atoms with Gasteiger partial charge in [0.1, 0.15) is 0 Å². The lowest BCUT2D eigenvalue weighted by molar-refractivity contribution is 0.0696. The number of hydrogen-bond donors (Lipinski definition) is 2. The second kappa shape index (κ2) is 9.14. The molecule has 3 aromatic rings. The number of carboxylic acid groups (broad SMARTS) is 1. The van der Waals surface area contributed by atoms with Crippen LogP contribution in [-0.2, 0) is 13.1 Å². The van der Waals surface area contributed by atoms with E-state index >= 15 is 0 Å². The molecule has 0 unspecified atom stereocenters. The summed E-state index contributed by atoms with van der Waals surface area (Å²) in [5, 5.41) is 17.1. The van der Waals surface area contributed by atoms with Gasteiger partial charge in [0.2, 0.25) is 0 Å². The quantitative estimate of drug-likeness (QED) is 0.572. The van der Waals surface area contributed by atoms with Crippen LogP contribution >= 0.6 is 0 Å². The zero-order valence-corrected chi connectivity index (χ0v) is 16.2. The molecule has 0 aliphatic carbocycles. The molecule has 7 heteroatoms. The summed E-state index contributed by atoms with van der Waals surface area (Å²) >= 11 is 0. The van der Waals surface area contributed by atoms with E-state index in [0.29, 0.717) is 17.3 Å². The lowest BCUT2D eigenvalue weighted by Gasteiger charge is -2.11. The van der Waals surface area contributed by atoms with E-state index in [4.69, 9.17) is 5.11 Å². The molecule has 1 heterocycles. The molecule has 2 N–H and O–H groups in total. The van der Waals surface area contributed by atoms with Crippen molar-refractivity contribution in [2.45, 2.75) is 39.3 Å². The van der Waals surface area contributed by atoms with Gasteiger partial charge in [-0.05, 0) is 30.2 Å². The zero-order valence-electron chi connectivity index (χ0n) is 16.2. The van der Waals surface area contributed by atoms with Gasteiger partial charge in [-0.2, -0.15) is 5.10 Å². The molecular formula is C22H23N3O4. The van der Waals surface area contributed by atoms with Crippen LogP contribution in [0.4, 0.5) is 0 Å². The van der Waals surface area contributed by atoms with Crippen molar-refractivity contribution < 1.29 is 14.7 Å². The van der Waals surface area contributed by atoms with E-state index in [1.165, 1.54) is 16.8 Å². The highest BCUT2D eigenvalue weighted by Crippen LogP contribution is 2.14. The van der Waals surface area contributed by atoms with E-state index in [2.05, 4.69) is 17.3 Å². The highest BCUT2D eigenvalue weighted by atomic mass is 16.4. The summed E-state index contributed by atoms with van der Waals surface area (Å²) in [5.41, 5.74) is 0.965. The SMILES string of the molecule is CCCCCn1nc(C(=O)NCc2ccc(C(=O)O)cc2)c2ccccc2c1=O. The third-order valence-electron chi connectivity index (χ3n) is 4.71. The molecule has 1 aromatic heterocycles. The van der Waals surface area contributed by atoms with Crippen LogP contribution in [0.1, 0.15) is 52.6 Å². The van der Waals surface area contributed by atoms with Gasteiger partial charge in [0, 0.05) is 18.5 Å². The Hall–Kier alpha value is -3.48. The number of unbranched alkanes of at least 4 members (excludes halogenated alkanes) is 2. The number of carbonyl (C=O) groups is 2. The molecule has 2 aromatic carbocycles. The normalized spacial score (nSPS) is 10.8. The Labute approximate surface area is 168 Å². The second-order valence-electron chi connectivity index (χ2n) is 6.81. The van der Waals surface area contributed by atoms with Crippen molar-refractivity contribution >= 4 is 22.6 Å². The third kappa shape index (κ3) is 4.68. The maximum Gasteiger partial charge on any atom is 0.335 e. The lowest BCUT2D eigenvalue weighted by atomic mass is 10.1. The molecule has 0 spiro atoms. The van der Waals surface area contributed by atoms with Crippen LogP contribution in [0.2, 0.25) is 0 Å². The fourth-order valence-electron chi connectivity index (χ4n) is 3.10. The summed E-state index contributed by atoms with van der Waals surface area (Å²) in [6.07, 6.45) is 2.82. The van der Waals surface area contributed by atoms with E-state index in [-0.39, 0.29) is 29.3 Å². The second-order valence-corrected chi connectivity index (χ2v) is 6.81. The van der Waals surface area contributed by atoms with Gasteiger partial charge in [0.25, 0.3) is 11.5 Å². The number of nitrogens with zero attached hydrogens (tertiary/aromatic N) is 2. The molecule has 0 atom stereocenters. The fourth-order valence-corrected chi connectivity index (χ4v) is 3.10. The molecule has 3 rings (SSSR count). The van der Waals surface area contributed by atoms with E-state index in [1.54, 1.807) is 36.4 Å². The first-order valence-electron chi connectivity index (χ1n) is 9.61. The molecule has 150 valence electrons. The van der Waals surface area contributed by atoms with Crippen molar-refractivity contribution in [2.24, 2.45) is 0 Å². The highest BCUT2D eigenvalue weighted by molar-refractivity contribution is 6.04. The Morgan fingerprint density at radius 3 is 2.38 bits per heavy atom. The lowest BCUT2D eigenvalue weighted by Crippen LogP contribution is -2.30. The van der Waals surface area contributed by atoms with E-state index in [1.807, 2.05) is 0 Å². The minimum absolute atomic E-state index is 0.187. The summed E-state index contributed by atoms with van der Waals surface area (Å²) in [5.74, 6) is -1.38. The Morgan fingerprint density at radius 1 is 1.03 bits per heavy atom. The Kier molecular flexibility index (Phi) is 6.39. The predicted octanol–water partition coefficient (Wildman–Crippen LogP) is 3.21. The number of hydrogen-bond acceptors (Lipinski definition) is 4. The van der Waals surface area contributed by atoms with Gasteiger partial charge in [-0.3, -0.25) is 9.59 Å². The Balaban J connectivity index is 1.85. The maximum atomic E-state index is 12.8.